The van der Waals surface area contributed by atoms with Crippen molar-refractivity contribution in [2.24, 2.45) is 5.73 Å². The van der Waals surface area contributed by atoms with Crippen LogP contribution in [-0.2, 0) is 19.2 Å². The first-order valence-corrected chi connectivity index (χ1v) is 15.8. The standard InChI is InChI=1S/C31H26N4O9S2.Na/c32-24(18-9-3-1-4-10-18)27(37)33(23(36)15-44-22-14-8-7-13-21(22)35(42)43)26-28(38)34-25(30(39)40)20(16-45-29(26)34)17-46-31(41)19-11-5-2-6-12-19;/h1-14,24,26,29H,15-17,32H2,(H,39,40);/q;+1/p-1/t24-,26?,29-;/m1./s1. The Bertz CT molecular complexity index is 1740. The van der Waals surface area contributed by atoms with E-state index < -0.39 is 64.1 Å². The average molecular weight is 685 g/mol. The second-order valence-corrected chi connectivity index (χ2v) is 12.1. The van der Waals surface area contributed by atoms with Crippen molar-refractivity contribution < 1.29 is 68.3 Å². The number of ether oxygens (including phenoxy) is 1. The third kappa shape index (κ3) is 7.61. The number of carbonyl (C=O) groups excluding carboxylic acids is 5. The van der Waals surface area contributed by atoms with Gasteiger partial charge in [-0.05, 0) is 17.2 Å². The Morgan fingerprint density at radius 2 is 1.64 bits per heavy atom. The van der Waals surface area contributed by atoms with Crippen LogP contribution < -0.4 is 45.1 Å². The summed E-state index contributed by atoms with van der Waals surface area (Å²) in [6.45, 7) is -0.855. The Morgan fingerprint density at radius 1 is 1.02 bits per heavy atom. The molecule has 236 valence electrons. The smallest absolute Gasteiger partial charge is 0.543 e. The number of carboxylic acids is 1. The summed E-state index contributed by atoms with van der Waals surface area (Å²) in [5, 5.41) is 22.4. The number of benzene rings is 3. The van der Waals surface area contributed by atoms with Gasteiger partial charge in [-0.3, -0.25) is 39.1 Å². The maximum Gasteiger partial charge on any atom is 1.00 e. The van der Waals surface area contributed by atoms with E-state index in [-0.39, 0.29) is 57.5 Å². The van der Waals surface area contributed by atoms with E-state index in [0.717, 1.165) is 28.4 Å². The van der Waals surface area contributed by atoms with Crippen molar-refractivity contribution in [2.75, 3.05) is 18.1 Å². The van der Waals surface area contributed by atoms with Gasteiger partial charge in [0, 0.05) is 23.1 Å². The van der Waals surface area contributed by atoms with Gasteiger partial charge in [0.1, 0.15) is 17.5 Å². The molecule has 3 amide bonds. The van der Waals surface area contributed by atoms with Crippen molar-refractivity contribution in [2.45, 2.75) is 17.5 Å². The number of nitro benzene ring substituents is 1. The van der Waals surface area contributed by atoms with E-state index in [1.807, 2.05) is 0 Å². The molecule has 0 aromatic heterocycles. The number of thioether (sulfide) groups is 2. The van der Waals surface area contributed by atoms with Crippen LogP contribution in [0, 0.1) is 10.1 Å². The summed E-state index contributed by atoms with van der Waals surface area (Å²) >= 11 is 1.98. The minimum Gasteiger partial charge on any atom is -0.543 e. The number of nitrogens with two attached hydrogens (primary N) is 1. The molecule has 2 N–H and O–H groups in total. The molecular formula is C31H25N4NaO9S2. The van der Waals surface area contributed by atoms with E-state index in [4.69, 9.17) is 10.5 Å². The first kappa shape index (κ1) is 35.9. The third-order valence-corrected chi connectivity index (χ3v) is 9.54. The predicted octanol–water partition coefficient (Wildman–Crippen LogP) is -1.11. The average Bonchev–Trinajstić information content (AvgIpc) is 3.07. The van der Waals surface area contributed by atoms with Crippen LogP contribution in [0.25, 0.3) is 0 Å². The maximum absolute atomic E-state index is 13.8. The van der Waals surface area contributed by atoms with E-state index in [1.165, 1.54) is 24.3 Å². The minimum atomic E-state index is -1.65. The number of nitrogens with zero attached hydrogens (tertiary/aromatic N) is 3. The first-order chi connectivity index (χ1) is 22.1. The molecule has 1 saturated heterocycles. The van der Waals surface area contributed by atoms with Crippen LogP contribution in [0.5, 0.6) is 5.75 Å². The summed E-state index contributed by atoms with van der Waals surface area (Å²) in [7, 11) is 0. The van der Waals surface area contributed by atoms with Crippen LogP contribution in [0.2, 0.25) is 0 Å². The van der Waals surface area contributed by atoms with E-state index in [2.05, 4.69) is 0 Å². The van der Waals surface area contributed by atoms with Crippen LogP contribution in [0.1, 0.15) is 22.0 Å². The number of hydrogen-bond donors (Lipinski definition) is 1. The monoisotopic (exact) mass is 684 g/mol. The van der Waals surface area contributed by atoms with Gasteiger partial charge in [0.25, 0.3) is 17.7 Å². The number of amides is 3. The van der Waals surface area contributed by atoms with Crippen molar-refractivity contribution in [3.05, 3.63) is 117 Å². The number of fused-ring (bicyclic) bond motifs is 1. The van der Waals surface area contributed by atoms with Crippen LogP contribution >= 0.6 is 23.5 Å². The van der Waals surface area contributed by atoms with Gasteiger partial charge in [0.05, 0.1) is 16.6 Å². The molecule has 0 spiro atoms. The fraction of sp³-hybridized carbons (Fsp3) is 0.194. The van der Waals surface area contributed by atoms with Gasteiger partial charge in [-0.25, -0.2) is 0 Å². The zero-order valence-corrected chi connectivity index (χ0v) is 28.5. The summed E-state index contributed by atoms with van der Waals surface area (Å²) in [5.41, 5.74) is 6.44. The first-order valence-electron chi connectivity index (χ1n) is 13.7. The van der Waals surface area contributed by atoms with Crippen LogP contribution in [-0.4, -0.2) is 73.1 Å². The molecule has 2 aliphatic rings. The van der Waals surface area contributed by atoms with Gasteiger partial charge in [0.2, 0.25) is 5.12 Å². The van der Waals surface area contributed by atoms with Gasteiger partial charge in [0.15, 0.2) is 12.4 Å². The van der Waals surface area contributed by atoms with Gasteiger partial charge in [-0.15, -0.1) is 11.8 Å². The molecule has 47 heavy (non-hydrogen) atoms. The molecule has 0 bridgehead atoms. The normalized spacial score (nSPS) is 17.4. The summed E-state index contributed by atoms with van der Waals surface area (Å²) in [4.78, 5) is 78.3. The van der Waals surface area contributed by atoms with Crippen LogP contribution in [0.15, 0.2) is 96.2 Å². The molecule has 2 aliphatic heterocycles. The molecule has 16 heteroatoms. The second-order valence-electron chi connectivity index (χ2n) is 10.0. The zero-order valence-electron chi connectivity index (χ0n) is 24.8. The van der Waals surface area contributed by atoms with Gasteiger partial charge in [-0.1, -0.05) is 84.6 Å². The van der Waals surface area contributed by atoms with Crippen LogP contribution in [0.4, 0.5) is 5.69 Å². The Hall–Kier alpha value is -3.99. The summed E-state index contributed by atoms with van der Waals surface area (Å²) in [5.74, 6) is -4.68. The number of carboxylic acid groups (broad SMARTS) is 1. The van der Waals surface area contributed by atoms with E-state index in [0.29, 0.717) is 16.0 Å². The molecule has 13 nitrogen and oxygen atoms in total. The fourth-order valence-electron chi connectivity index (χ4n) is 4.98. The molecule has 5 rings (SSSR count). The Morgan fingerprint density at radius 3 is 2.28 bits per heavy atom. The third-order valence-electron chi connectivity index (χ3n) is 7.22. The largest absolute Gasteiger partial charge is 1.00 e. The van der Waals surface area contributed by atoms with Crippen molar-refractivity contribution in [1.82, 2.24) is 9.80 Å². The molecule has 1 unspecified atom stereocenters. The van der Waals surface area contributed by atoms with Crippen molar-refractivity contribution in [3.63, 3.8) is 0 Å². The molecule has 3 aromatic carbocycles. The summed E-state index contributed by atoms with van der Waals surface area (Å²) in [6.07, 6.45) is 0. The van der Waals surface area contributed by atoms with E-state index >= 15 is 0 Å². The van der Waals surface area contributed by atoms with Crippen molar-refractivity contribution in [3.8, 4) is 5.75 Å². The van der Waals surface area contributed by atoms with E-state index in [1.54, 1.807) is 60.7 Å². The molecule has 0 aliphatic carbocycles. The predicted molar refractivity (Wildman–Crippen MR) is 166 cm³/mol. The number of carbonyl (C=O) groups is 5. The quantitative estimate of drug-likeness (QED) is 0.111. The fourth-order valence-corrected chi connectivity index (χ4v) is 7.35. The number of hydrogen-bond acceptors (Lipinski definition) is 12. The second kappa shape index (κ2) is 15.7. The summed E-state index contributed by atoms with van der Waals surface area (Å²) < 4.78 is 5.43. The van der Waals surface area contributed by atoms with Crippen molar-refractivity contribution in [1.29, 1.82) is 0 Å². The number of aliphatic carboxylic acids is 1. The molecule has 3 atom stereocenters. The number of β-lactam (4-membered cyclic amide) rings is 1. The Balaban J connectivity index is 0.00000500. The zero-order chi connectivity index (χ0) is 33.0. The van der Waals surface area contributed by atoms with Gasteiger partial charge < -0.3 is 20.4 Å². The molecule has 0 radical (unpaired) electrons. The number of para-hydroxylation sites is 2. The van der Waals surface area contributed by atoms with Crippen molar-refractivity contribution >= 4 is 58.0 Å². The molecule has 1 fully saturated rings. The minimum absolute atomic E-state index is 0. The molecule has 0 saturated carbocycles. The maximum atomic E-state index is 13.8. The number of rotatable bonds is 11. The number of imide groups is 1. The molecular weight excluding hydrogens is 659 g/mol. The Kier molecular flexibility index (Phi) is 12.0. The molecule has 3 aromatic rings. The summed E-state index contributed by atoms with van der Waals surface area (Å²) in [6, 6.07) is 19.0. The SMILES string of the molecule is N[C@@H](C(=O)N(C(=O)COc1ccccc1[N+](=O)[O-])C1C(=O)N2C(C(=O)[O-])=C(CSC(=O)c3ccccc3)CS[C@H]12)c1ccccc1.[Na+]. The number of nitro groups is 1. The van der Waals surface area contributed by atoms with Gasteiger partial charge >= 0.3 is 35.2 Å². The van der Waals surface area contributed by atoms with E-state index in [9.17, 15) is 39.2 Å². The topological polar surface area (TPSA) is 193 Å². The van der Waals surface area contributed by atoms with Gasteiger partial charge in [-0.2, -0.15) is 0 Å². The molecule has 2 heterocycles. The van der Waals surface area contributed by atoms with Crippen LogP contribution in [0.3, 0.4) is 0 Å². The Labute approximate surface area is 298 Å².